The van der Waals surface area contributed by atoms with Gasteiger partial charge in [-0.3, -0.25) is 4.79 Å². The quantitative estimate of drug-likeness (QED) is 0.768. The summed E-state index contributed by atoms with van der Waals surface area (Å²) in [5.74, 6) is -0.749. The highest BCUT2D eigenvalue weighted by molar-refractivity contribution is 9.10. The fourth-order valence-electron chi connectivity index (χ4n) is 1.62. The summed E-state index contributed by atoms with van der Waals surface area (Å²) in [5, 5.41) is 0.281. The van der Waals surface area contributed by atoms with E-state index in [0.717, 1.165) is 0 Å². The highest BCUT2D eigenvalue weighted by Gasteiger charge is 2.17. The minimum absolute atomic E-state index is 0.0409. The lowest BCUT2D eigenvalue weighted by Crippen LogP contribution is -2.05. The van der Waals surface area contributed by atoms with Gasteiger partial charge >= 0.3 is 0 Å². The third-order valence-corrected chi connectivity index (χ3v) is 3.42. The molecule has 0 bridgehead atoms. The molecular formula is C14H9BrClFO2. The number of ketones is 1. The smallest absolute Gasteiger partial charge is 0.197 e. The molecule has 0 radical (unpaired) electrons. The molecule has 2 nitrogen and oxygen atoms in total. The molecule has 0 aliphatic rings. The number of hydrogen-bond acceptors (Lipinski definition) is 2. The summed E-state index contributed by atoms with van der Waals surface area (Å²) >= 11 is 9.22. The Hall–Kier alpha value is -1.39. The molecule has 0 spiro atoms. The average Bonchev–Trinajstić information content (AvgIpc) is 2.40. The summed E-state index contributed by atoms with van der Waals surface area (Å²) in [7, 11) is 1.43. The first-order chi connectivity index (χ1) is 9.02. The maximum Gasteiger partial charge on any atom is 0.197 e. The monoisotopic (exact) mass is 342 g/mol. The summed E-state index contributed by atoms with van der Waals surface area (Å²) in [5.41, 5.74) is 0.209. The van der Waals surface area contributed by atoms with Crippen LogP contribution in [0.25, 0.3) is 0 Å². The Morgan fingerprint density at radius 2 is 1.95 bits per heavy atom. The van der Waals surface area contributed by atoms with Crippen molar-refractivity contribution >= 4 is 33.3 Å². The van der Waals surface area contributed by atoms with Crippen molar-refractivity contribution in [1.29, 1.82) is 0 Å². The van der Waals surface area contributed by atoms with E-state index in [2.05, 4.69) is 15.9 Å². The number of methoxy groups -OCH3 is 1. The van der Waals surface area contributed by atoms with Crippen LogP contribution in [0.1, 0.15) is 15.9 Å². The molecule has 2 aromatic rings. The molecule has 0 aliphatic heterocycles. The molecule has 0 saturated carbocycles. The first kappa shape index (κ1) is 14.0. The van der Waals surface area contributed by atoms with Crippen LogP contribution in [-0.2, 0) is 0 Å². The lowest BCUT2D eigenvalue weighted by Gasteiger charge is -2.07. The molecule has 0 fully saturated rings. The number of benzene rings is 2. The highest BCUT2D eigenvalue weighted by atomic mass is 79.9. The van der Waals surface area contributed by atoms with Crippen molar-refractivity contribution in [2.45, 2.75) is 0 Å². The van der Waals surface area contributed by atoms with E-state index in [9.17, 15) is 9.18 Å². The van der Waals surface area contributed by atoms with E-state index in [-0.39, 0.29) is 16.1 Å². The van der Waals surface area contributed by atoms with Gasteiger partial charge in [-0.15, -0.1) is 0 Å². The van der Waals surface area contributed by atoms with Crippen LogP contribution in [0.2, 0.25) is 5.02 Å². The molecule has 2 aromatic carbocycles. The standard InChI is InChI=1S/C14H9BrClFO2/c1-19-9-3-4-10(13(17)7-9)14(18)11-6-8(15)2-5-12(11)16/h2-7H,1H3. The molecule has 0 saturated heterocycles. The normalized spacial score (nSPS) is 10.3. The van der Waals surface area contributed by atoms with Gasteiger partial charge in [0.05, 0.1) is 17.7 Å². The lowest BCUT2D eigenvalue weighted by atomic mass is 10.0. The van der Waals surface area contributed by atoms with E-state index >= 15 is 0 Å². The summed E-state index contributed by atoms with van der Waals surface area (Å²) in [6.45, 7) is 0. The van der Waals surface area contributed by atoms with Gasteiger partial charge in [0.2, 0.25) is 0 Å². The minimum Gasteiger partial charge on any atom is -0.497 e. The highest BCUT2D eigenvalue weighted by Crippen LogP contribution is 2.25. The van der Waals surface area contributed by atoms with Gasteiger partial charge in [-0.25, -0.2) is 4.39 Å². The molecule has 0 aliphatic carbocycles. The maximum absolute atomic E-state index is 13.8. The van der Waals surface area contributed by atoms with Crippen LogP contribution < -0.4 is 4.74 Å². The zero-order valence-corrected chi connectivity index (χ0v) is 12.3. The maximum atomic E-state index is 13.8. The number of halogens is 3. The minimum atomic E-state index is -0.639. The van der Waals surface area contributed by atoms with Crippen LogP contribution in [0.15, 0.2) is 40.9 Å². The third-order valence-electron chi connectivity index (χ3n) is 2.59. The third kappa shape index (κ3) is 2.96. The number of ether oxygens (including phenoxy) is 1. The van der Waals surface area contributed by atoms with E-state index in [0.29, 0.717) is 10.2 Å². The van der Waals surface area contributed by atoms with E-state index < -0.39 is 11.6 Å². The van der Waals surface area contributed by atoms with Crippen molar-refractivity contribution < 1.29 is 13.9 Å². The molecule has 5 heteroatoms. The summed E-state index contributed by atoms with van der Waals surface area (Å²) in [6, 6.07) is 8.94. The summed E-state index contributed by atoms with van der Waals surface area (Å²) in [6.07, 6.45) is 0. The van der Waals surface area contributed by atoms with Crippen molar-refractivity contribution in [2.24, 2.45) is 0 Å². The summed E-state index contributed by atoms with van der Waals surface area (Å²) < 4.78 is 19.4. The van der Waals surface area contributed by atoms with Crippen LogP contribution in [0.4, 0.5) is 4.39 Å². The van der Waals surface area contributed by atoms with Crippen LogP contribution in [0, 0.1) is 5.82 Å². The number of carbonyl (C=O) groups is 1. The van der Waals surface area contributed by atoms with Gasteiger partial charge in [0.25, 0.3) is 0 Å². The Morgan fingerprint density at radius 3 is 2.58 bits per heavy atom. The van der Waals surface area contributed by atoms with Gasteiger partial charge < -0.3 is 4.74 Å². The zero-order valence-electron chi connectivity index (χ0n) is 9.91. The van der Waals surface area contributed by atoms with Crippen LogP contribution in [0.5, 0.6) is 5.75 Å². The molecule has 98 valence electrons. The second kappa shape index (κ2) is 5.72. The first-order valence-electron chi connectivity index (χ1n) is 5.36. The fourth-order valence-corrected chi connectivity index (χ4v) is 2.19. The molecule has 0 aromatic heterocycles. The fraction of sp³-hybridized carbons (Fsp3) is 0.0714. The SMILES string of the molecule is COc1ccc(C(=O)c2cc(Br)ccc2Cl)c(F)c1. The molecule has 0 atom stereocenters. The lowest BCUT2D eigenvalue weighted by molar-refractivity contribution is 0.103. The van der Waals surface area contributed by atoms with Crippen molar-refractivity contribution in [3.05, 3.63) is 62.8 Å². The molecule has 2 rings (SSSR count). The number of rotatable bonds is 3. The second-order valence-corrected chi connectivity index (χ2v) is 5.12. The Kier molecular flexibility index (Phi) is 4.22. The summed E-state index contributed by atoms with van der Waals surface area (Å²) in [4.78, 5) is 12.3. The van der Waals surface area contributed by atoms with Crippen LogP contribution in [-0.4, -0.2) is 12.9 Å². The van der Waals surface area contributed by atoms with Crippen molar-refractivity contribution in [3.63, 3.8) is 0 Å². The zero-order chi connectivity index (χ0) is 14.0. The van der Waals surface area contributed by atoms with E-state index in [1.165, 1.54) is 25.3 Å². The molecular weight excluding hydrogens is 335 g/mol. The van der Waals surface area contributed by atoms with E-state index in [1.54, 1.807) is 18.2 Å². The topological polar surface area (TPSA) is 26.3 Å². The molecule has 19 heavy (non-hydrogen) atoms. The predicted octanol–water partition coefficient (Wildman–Crippen LogP) is 4.48. The predicted molar refractivity (Wildman–Crippen MR) is 75.5 cm³/mol. The Bertz CT molecular complexity index is 643. The molecule has 0 unspecified atom stereocenters. The molecule has 0 amide bonds. The Balaban J connectivity index is 2.47. The van der Waals surface area contributed by atoms with E-state index in [1.807, 2.05) is 0 Å². The first-order valence-corrected chi connectivity index (χ1v) is 6.53. The Morgan fingerprint density at radius 1 is 1.21 bits per heavy atom. The van der Waals surface area contributed by atoms with Gasteiger partial charge in [0, 0.05) is 16.1 Å². The number of carbonyl (C=O) groups excluding carboxylic acids is 1. The largest absolute Gasteiger partial charge is 0.497 e. The van der Waals surface area contributed by atoms with Crippen LogP contribution >= 0.6 is 27.5 Å². The van der Waals surface area contributed by atoms with Gasteiger partial charge in [-0.1, -0.05) is 27.5 Å². The van der Waals surface area contributed by atoms with Gasteiger partial charge in [-0.2, -0.15) is 0 Å². The molecule has 0 N–H and O–H groups in total. The van der Waals surface area contributed by atoms with Crippen molar-refractivity contribution in [2.75, 3.05) is 7.11 Å². The Labute approximate surface area is 123 Å². The van der Waals surface area contributed by atoms with Crippen molar-refractivity contribution in [1.82, 2.24) is 0 Å². The second-order valence-electron chi connectivity index (χ2n) is 3.80. The molecule has 0 heterocycles. The van der Waals surface area contributed by atoms with E-state index in [4.69, 9.17) is 16.3 Å². The van der Waals surface area contributed by atoms with Crippen molar-refractivity contribution in [3.8, 4) is 5.75 Å². The van der Waals surface area contributed by atoms with Gasteiger partial charge in [0.1, 0.15) is 11.6 Å². The van der Waals surface area contributed by atoms with Gasteiger partial charge in [-0.05, 0) is 30.3 Å². The number of hydrogen-bond donors (Lipinski definition) is 0. The van der Waals surface area contributed by atoms with Gasteiger partial charge in [0.15, 0.2) is 5.78 Å². The average molecular weight is 344 g/mol. The van der Waals surface area contributed by atoms with Crippen LogP contribution in [0.3, 0.4) is 0 Å².